The zero-order chi connectivity index (χ0) is 17.1. The van der Waals surface area contributed by atoms with E-state index in [4.69, 9.17) is 0 Å². The van der Waals surface area contributed by atoms with Gasteiger partial charge in [-0.1, -0.05) is 13.0 Å². The normalized spacial score (nSPS) is 18.1. The van der Waals surface area contributed by atoms with Crippen LogP contribution in [0.1, 0.15) is 47.8 Å². The lowest BCUT2D eigenvalue weighted by molar-refractivity contribution is -0.122. The number of carbonyl (C=O) groups is 2. The maximum atomic E-state index is 12.8. The van der Waals surface area contributed by atoms with Crippen molar-refractivity contribution in [1.29, 1.82) is 0 Å². The number of amides is 2. The highest BCUT2D eigenvalue weighted by Gasteiger charge is 2.24. The Morgan fingerprint density at radius 2 is 2.17 bits per heavy atom. The first-order chi connectivity index (χ1) is 11.6. The van der Waals surface area contributed by atoms with E-state index in [2.05, 4.69) is 22.5 Å². The van der Waals surface area contributed by atoms with Gasteiger partial charge in [0.05, 0.1) is 11.1 Å². The smallest absolute Gasteiger partial charge is 0.252 e. The summed E-state index contributed by atoms with van der Waals surface area (Å²) < 4.78 is 0. The van der Waals surface area contributed by atoms with Crippen molar-refractivity contribution in [2.45, 2.75) is 45.6 Å². The molecule has 5 heteroatoms. The molecule has 3 rings (SSSR count). The highest BCUT2D eigenvalue weighted by molar-refractivity contribution is 6.07. The molecule has 5 nitrogen and oxygen atoms in total. The molecule has 1 aromatic heterocycles. The van der Waals surface area contributed by atoms with Crippen molar-refractivity contribution < 1.29 is 9.59 Å². The fraction of sp³-hybridized carbons (Fsp3) is 0.421. The summed E-state index contributed by atoms with van der Waals surface area (Å²) in [6.07, 6.45) is 3.46. The molecule has 0 aliphatic carbocycles. The van der Waals surface area contributed by atoms with Gasteiger partial charge in [0.25, 0.3) is 5.91 Å². The van der Waals surface area contributed by atoms with Crippen molar-refractivity contribution in [1.82, 2.24) is 15.6 Å². The maximum absolute atomic E-state index is 12.8. The summed E-state index contributed by atoms with van der Waals surface area (Å²) in [6, 6.07) is 7.35. The number of pyridine rings is 1. The van der Waals surface area contributed by atoms with Gasteiger partial charge in [0.15, 0.2) is 0 Å². The van der Waals surface area contributed by atoms with E-state index in [1.54, 1.807) is 6.07 Å². The number of benzene rings is 1. The molecular weight excluding hydrogens is 302 g/mol. The molecule has 1 aromatic carbocycles. The number of nitrogens with zero attached hydrogens (tertiary/aromatic N) is 1. The van der Waals surface area contributed by atoms with Crippen LogP contribution in [0.25, 0.3) is 10.9 Å². The first-order valence-electron chi connectivity index (χ1n) is 8.57. The predicted octanol–water partition coefficient (Wildman–Crippen LogP) is 2.50. The molecule has 126 valence electrons. The van der Waals surface area contributed by atoms with Gasteiger partial charge in [0, 0.05) is 17.6 Å². The average molecular weight is 325 g/mol. The zero-order valence-corrected chi connectivity index (χ0v) is 14.2. The molecule has 2 heterocycles. The van der Waals surface area contributed by atoms with Gasteiger partial charge in [-0.05, 0) is 56.4 Å². The van der Waals surface area contributed by atoms with E-state index in [0.29, 0.717) is 18.5 Å². The summed E-state index contributed by atoms with van der Waals surface area (Å²) in [7, 11) is 0. The lowest BCUT2D eigenvalue weighted by Crippen LogP contribution is -2.45. The molecule has 1 fully saturated rings. The van der Waals surface area contributed by atoms with Crippen molar-refractivity contribution in [3.05, 3.63) is 41.1 Å². The molecule has 24 heavy (non-hydrogen) atoms. The van der Waals surface area contributed by atoms with Crippen molar-refractivity contribution in [3.63, 3.8) is 0 Å². The molecular formula is C19H23N3O2. The van der Waals surface area contributed by atoms with Gasteiger partial charge < -0.3 is 10.6 Å². The molecule has 1 atom stereocenters. The van der Waals surface area contributed by atoms with E-state index in [-0.39, 0.29) is 11.8 Å². The first kappa shape index (κ1) is 16.4. The molecule has 0 spiro atoms. The number of hydrogen-bond acceptors (Lipinski definition) is 3. The van der Waals surface area contributed by atoms with Gasteiger partial charge in [-0.25, -0.2) is 0 Å². The first-order valence-corrected chi connectivity index (χ1v) is 8.57. The summed E-state index contributed by atoms with van der Waals surface area (Å²) in [6.45, 7) is 4.64. The Kier molecular flexibility index (Phi) is 4.79. The second-order valence-corrected chi connectivity index (χ2v) is 6.33. The van der Waals surface area contributed by atoms with E-state index in [9.17, 15) is 9.59 Å². The van der Waals surface area contributed by atoms with Crippen LogP contribution in [0.4, 0.5) is 0 Å². The second-order valence-electron chi connectivity index (χ2n) is 6.33. The molecule has 0 unspecified atom stereocenters. The lowest BCUT2D eigenvalue weighted by Gasteiger charge is -2.16. The third kappa shape index (κ3) is 3.40. The van der Waals surface area contributed by atoms with Crippen molar-refractivity contribution in [3.8, 4) is 0 Å². The van der Waals surface area contributed by atoms with Gasteiger partial charge in [-0.15, -0.1) is 0 Å². The molecule has 2 amide bonds. The van der Waals surface area contributed by atoms with Gasteiger partial charge in [0.1, 0.15) is 6.04 Å². The average Bonchev–Trinajstić information content (AvgIpc) is 2.78. The number of fused-ring (bicyclic) bond motifs is 1. The van der Waals surface area contributed by atoms with Crippen LogP contribution in [-0.4, -0.2) is 29.4 Å². The molecule has 1 saturated heterocycles. The molecule has 0 radical (unpaired) electrons. The quantitative estimate of drug-likeness (QED) is 0.911. The highest BCUT2D eigenvalue weighted by Crippen LogP contribution is 2.21. The minimum Gasteiger partial charge on any atom is -0.354 e. The SMILES string of the molecule is CCc1ccc2nc(C)cc(C(=O)N[C@@H]3CCCCNC3=O)c2c1. The number of nitrogens with one attached hydrogen (secondary N) is 2. The van der Waals surface area contributed by atoms with E-state index >= 15 is 0 Å². The minimum absolute atomic E-state index is 0.0924. The van der Waals surface area contributed by atoms with Crippen LogP contribution >= 0.6 is 0 Å². The van der Waals surface area contributed by atoms with Crippen LogP contribution in [0.3, 0.4) is 0 Å². The van der Waals surface area contributed by atoms with E-state index in [1.807, 2.05) is 25.1 Å². The van der Waals surface area contributed by atoms with Crippen LogP contribution < -0.4 is 10.6 Å². The standard InChI is InChI=1S/C19H23N3O2/c1-3-13-7-8-16-14(11-13)15(10-12(2)21-16)18(23)22-17-6-4-5-9-20-19(17)24/h7-8,10-11,17H,3-6,9H2,1-2H3,(H,20,24)(H,22,23)/t17-/m1/s1. The topological polar surface area (TPSA) is 71.1 Å². The molecule has 1 aliphatic heterocycles. The number of carbonyl (C=O) groups excluding carboxylic acids is 2. The van der Waals surface area contributed by atoms with Crippen LogP contribution in [0.2, 0.25) is 0 Å². The van der Waals surface area contributed by atoms with Crippen LogP contribution in [0.5, 0.6) is 0 Å². The Bertz CT molecular complexity index is 786. The van der Waals surface area contributed by atoms with Gasteiger partial charge in [-0.3, -0.25) is 14.6 Å². The fourth-order valence-corrected chi connectivity index (χ4v) is 3.13. The second kappa shape index (κ2) is 6.99. The van der Waals surface area contributed by atoms with Crippen LogP contribution in [0, 0.1) is 6.92 Å². The van der Waals surface area contributed by atoms with Gasteiger partial charge in [0.2, 0.25) is 5.91 Å². The zero-order valence-electron chi connectivity index (χ0n) is 14.2. The summed E-state index contributed by atoms with van der Waals surface area (Å²) in [5.74, 6) is -0.300. The van der Waals surface area contributed by atoms with Crippen molar-refractivity contribution >= 4 is 22.7 Å². The predicted molar refractivity (Wildman–Crippen MR) is 94.0 cm³/mol. The van der Waals surface area contributed by atoms with Crippen LogP contribution in [-0.2, 0) is 11.2 Å². The van der Waals surface area contributed by atoms with Crippen molar-refractivity contribution in [2.24, 2.45) is 0 Å². The van der Waals surface area contributed by atoms with Crippen LogP contribution in [0.15, 0.2) is 24.3 Å². The van der Waals surface area contributed by atoms with E-state index in [1.165, 1.54) is 0 Å². The molecule has 0 bridgehead atoms. The minimum atomic E-state index is -0.460. The molecule has 1 aliphatic rings. The van der Waals surface area contributed by atoms with Gasteiger partial charge in [-0.2, -0.15) is 0 Å². The number of aromatic nitrogens is 1. The fourth-order valence-electron chi connectivity index (χ4n) is 3.13. The van der Waals surface area contributed by atoms with Gasteiger partial charge >= 0.3 is 0 Å². The third-order valence-corrected chi connectivity index (χ3v) is 4.49. The Labute approximate surface area is 141 Å². The summed E-state index contributed by atoms with van der Waals surface area (Å²) in [4.78, 5) is 29.4. The number of hydrogen-bond donors (Lipinski definition) is 2. The van der Waals surface area contributed by atoms with Crippen molar-refractivity contribution in [2.75, 3.05) is 6.54 Å². The van der Waals surface area contributed by atoms with E-state index < -0.39 is 6.04 Å². The number of rotatable bonds is 3. The Hall–Kier alpha value is -2.43. The highest BCUT2D eigenvalue weighted by atomic mass is 16.2. The Balaban J connectivity index is 1.94. The summed E-state index contributed by atoms with van der Waals surface area (Å²) in [5, 5.41) is 6.59. The molecule has 0 saturated carbocycles. The molecule has 2 N–H and O–H groups in total. The van der Waals surface area contributed by atoms with E-state index in [0.717, 1.165) is 41.4 Å². The molecule has 2 aromatic rings. The monoisotopic (exact) mass is 325 g/mol. The largest absolute Gasteiger partial charge is 0.354 e. The maximum Gasteiger partial charge on any atom is 0.252 e. The third-order valence-electron chi connectivity index (χ3n) is 4.49. The summed E-state index contributed by atoms with van der Waals surface area (Å²) >= 11 is 0. The number of aryl methyl sites for hydroxylation is 2. The summed E-state index contributed by atoms with van der Waals surface area (Å²) in [5.41, 5.74) is 3.35. The lowest BCUT2D eigenvalue weighted by atomic mass is 10.0. The Morgan fingerprint density at radius 1 is 1.33 bits per heavy atom. The Morgan fingerprint density at radius 3 is 2.96 bits per heavy atom.